The molecule has 0 bridgehead atoms. The van der Waals surface area contributed by atoms with Crippen molar-refractivity contribution >= 4 is 10.0 Å². The topological polar surface area (TPSA) is 79.3 Å². The van der Waals surface area contributed by atoms with Gasteiger partial charge in [0.15, 0.2) is 0 Å². The van der Waals surface area contributed by atoms with Crippen molar-refractivity contribution in [1.82, 2.24) is 9.71 Å². The van der Waals surface area contributed by atoms with Crippen LogP contribution in [0.5, 0.6) is 0 Å². The van der Waals surface area contributed by atoms with Gasteiger partial charge in [0.05, 0.1) is 11.5 Å². The zero-order valence-corrected chi connectivity index (χ0v) is 11.8. The third kappa shape index (κ3) is 3.41. The van der Waals surface area contributed by atoms with Gasteiger partial charge < -0.3 is 5.11 Å². The molecule has 5 nitrogen and oxygen atoms in total. The van der Waals surface area contributed by atoms with Crippen molar-refractivity contribution in [2.24, 2.45) is 0 Å². The molecule has 0 saturated carbocycles. The summed E-state index contributed by atoms with van der Waals surface area (Å²) in [6.07, 6.45) is 3.26. The molecule has 0 fully saturated rings. The van der Waals surface area contributed by atoms with Crippen molar-refractivity contribution in [3.63, 3.8) is 0 Å². The molecule has 6 heteroatoms. The van der Waals surface area contributed by atoms with E-state index >= 15 is 0 Å². The lowest BCUT2D eigenvalue weighted by Crippen LogP contribution is -2.27. The predicted octanol–water partition coefficient (Wildman–Crippen LogP) is 1.61. The van der Waals surface area contributed by atoms with E-state index in [1.165, 1.54) is 12.1 Å². The molecule has 2 N–H and O–H groups in total. The maximum atomic E-state index is 12.3. The summed E-state index contributed by atoms with van der Waals surface area (Å²) in [5, 5.41) is 9.06. The van der Waals surface area contributed by atoms with Gasteiger partial charge in [0.25, 0.3) is 0 Å². The van der Waals surface area contributed by atoms with Crippen LogP contribution in [-0.2, 0) is 16.6 Å². The average Bonchev–Trinajstić information content (AvgIpc) is 2.48. The maximum Gasteiger partial charge on any atom is 0.241 e. The summed E-state index contributed by atoms with van der Waals surface area (Å²) < 4.78 is 27.1. The number of nitrogens with one attached hydrogen (secondary N) is 1. The number of benzene rings is 1. The molecule has 106 valence electrons. The fraction of sp³-hybridized carbons (Fsp3) is 0.214. The second-order valence-corrected chi connectivity index (χ2v) is 6.15. The third-order valence-corrected chi connectivity index (χ3v) is 4.45. The zero-order chi connectivity index (χ0) is 14.6. The molecule has 0 aliphatic rings. The van der Waals surface area contributed by atoms with Crippen LogP contribution in [0.2, 0.25) is 0 Å². The first-order valence-corrected chi connectivity index (χ1v) is 7.63. The van der Waals surface area contributed by atoms with Crippen molar-refractivity contribution < 1.29 is 13.5 Å². The van der Waals surface area contributed by atoms with Crippen LogP contribution in [0, 0.1) is 0 Å². The van der Waals surface area contributed by atoms with Gasteiger partial charge in [-0.15, -0.1) is 0 Å². The lowest BCUT2D eigenvalue weighted by atomic mass is 10.2. The molecule has 1 aromatic heterocycles. The van der Waals surface area contributed by atoms with Crippen LogP contribution < -0.4 is 4.72 Å². The number of hydrogen-bond donors (Lipinski definition) is 2. The Morgan fingerprint density at radius 1 is 1.30 bits per heavy atom. The van der Waals surface area contributed by atoms with Crippen molar-refractivity contribution in [3.8, 4) is 0 Å². The average molecular weight is 292 g/mol. The van der Waals surface area contributed by atoms with E-state index < -0.39 is 10.0 Å². The van der Waals surface area contributed by atoms with Gasteiger partial charge in [-0.3, -0.25) is 4.98 Å². The van der Waals surface area contributed by atoms with Crippen molar-refractivity contribution in [3.05, 3.63) is 59.9 Å². The molecule has 1 heterocycles. The van der Waals surface area contributed by atoms with Crippen molar-refractivity contribution in [2.45, 2.75) is 24.5 Å². The van der Waals surface area contributed by atoms with E-state index in [9.17, 15) is 8.42 Å². The molecule has 0 radical (unpaired) electrons. The molecule has 0 spiro atoms. The molecule has 0 aliphatic carbocycles. The van der Waals surface area contributed by atoms with Crippen molar-refractivity contribution in [1.29, 1.82) is 0 Å². The Balaban J connectivity index is 2.23. The van der Waals surface area contributed by atoms with E-state index in [0.29, 0.717) is 5.56 Å². The molecule has 0 saturated heterocycles. The molecule has 20 heavy (non-hydrogen) atoms. The van der Waals surface area contributed by atoms with Gasteiger partial charge in [0, 0.05) is 18.4 Å². The van der Waals surface area contributed by atoms with E-state index in [0.717, 1.165) is 5.56 Å². The quantitative estimate of drug-likeness (QED) is 0.877. The van der Waals surface area contributed by atoms with E-state index in [1.54, 1.807) is 37.5 Å². The largest absolute Gasteiger partial charge is 0.392 e. The van der Waals surface area contributed by atoms with Gasteiger partial charge in [-0.05, 0) is 36.2 Å². The highest BCUT2D eigenvalue weighted by molar-refractivity contribution is 7.89. The lowest BCUT2D eigenvalue weighted by molar-refractivity contribution is 0.281. The summed E-state index contributed by atoms with van der Waals surface area (Å²) in [4.78, 5) is 4.11. The standard InChI is InChI=1S/C14H16N2O3S/c1-11(13-5-3-7-15-9-13)16-20(18,19)14-6-2-4-12(8-14)10-17/h2-9,11,16-17H,10H2,1H3. The summed E-state index contributed by atoms with van der Waals surface area (Å²) in [6.45, 7) is 1.56. The Hall–Kier alpha value is -1.76. The minimum absolute atomic E-state index is 0.139. The normalized spacial score (nSPS) is 13.1. The summed E-state index contributed by atoms with van der Waals surface area (Å²) in [5.41, 5.74) is 1.34. The van der Waals surface area contributed by atoms with Gasteiger partial charge in [-0.25, -0.2) is 13.1 Å². The summed E-state index contributed by atoms with van der Waals surface area (Å²) in [6, 6.07) is 9.41. The molecule has 2 aromatic rings. The van der Waals surface area contributed by atoms with Crippen LogP contribution in [-0.4, -0.2) is 18.5 Å². The van der Waals surface area contributed by atoms with E-state index in [2.05, 4.69) is 9.71 Å². The summed E-state index contributed by atoms with van der Waals surface area (Å²) in [5.74, 6) is 0. The highest BCUT2D eigenvalue weighted by Crippen LogP contribution is 2.17. The van der Waals surface area contributed by atoms with Crippen LogP contribution in [0.25, 0.3) is 0 Å². The summed E-state index contributed by atoms with van der Waals surface area (Å²) in [7, 11) is -3.63. The highest BCUT2D eigenvalue weighted by atomic mass is 32.2. The molecular weight excluding hydrogens is 276 g/mol. The number of rotatable bonds is 5. The predicted molar refractivity (Wildman–Crippen MR) is 75.3 cm³/mol. The molecule has 1 unspecified atom stereocenters. The van der Waals surface area contributed by atoms with E-state index in [-0.39, 0.29) is 17.5 Å². The fourth-order valence-corrected chi connectivity index (χ4v) is 3.11. The SMILES string of the molecule is CC(NS(=O)(=O)c1cccc(CO)c1)c1cccnc1. The molecular formula is C14H16N2O3S. The van der Waals surface area contributed by atoms with E-state index in [4.69, 9.17) is 5.11 Å². The first-order chi connectivity index (χ1) is 9.53. The number of aromatic nitrogens is 1. The van der Waals surface area contributed by atoms with Crippen molar-refractivity contribution in [2.75, 3.05) is 0 Å². The lowest BCUT2D eigenvalue weighted by Gasteiger charge is -2.14. The Bertz CT molecular complexity index is 672. The van der Waals surface area contributed by atoms with Gasteiger partial charge in [-0.2, -0.15) is 0 Å². The second kappa shape index (κ2) is 6.13. The minimum Gasteiger partial charge on any atom is -0.392 e. The Kier molecular flexibility index (Phi) is 4.49. The third-order valence-electron chi connectivity index (χ3n) is 2.91. The van der Waals surface area contributed by atoms with Crippen LogP contribution in [0.15, 0.2) is 53.7 Å². The Morgan fingerprint density at radius 2 is 2.10 bits per heavy atom. The van der Waals surface area contributed by atoms with Gasteiger partial charge in [0.2, 0.25) is 10.0 Å². The first kappa shape index (κ1) is 14.6. The molecule has 1 atom stereocenters. The number of sulfonamides is 1. The number of pyridine rings is 1. The van der Waals surface area contributed by atoms with E-state index in [1.807, 2.05) is 6.07 Å². The second-order valence-electron chi connectivity index (χ2n) is 4.43. The Labute approximate surface area is 118 Å². The minimum atomic E-state index is -3.63. The number of nitrogens with zero attached hydrogens (tertiary/aromatic N) is 1. The summed E-state index contributed by atoms with van der Waals surface area (Å²) >= 11 is 0. The highest BCUT2D eigenvalue weighted by Gasteiger charge is 2.18. The Morgan fingerprint density at radius 3 is 2.75 bits per heavy atom. The first-order valence-electron chi connectivity index (χ1n) is 6.15. The van der Waals surface area contributed by atoms with Gasteiger partial charge >= 0.3 is 0 Å². The molecule has 1 aromatic carbocycles. The van der Waals surface area contributed by atoms with Gasteiger partial charge in [0.1, 0.15) is 0 Å². The smallest absolute Gasteiger partial charge is 0.241 e. The van der Waals surface area contributed by atoms with Crippen LogP contribution >= 0.6 is 0 Å². The number of aliphatic hydroxyl groups excluding tert-OH is 1. The zero-order valence-electron chi connectivity index (χ0n) is 11.0. The molecule has 0 amide bonds. The number of aliphatic hydroxyl groups is 1. The monoisotopic (exact) mass is 292 g/mol. The maximum absolute atomic E-state index is 12.3. The van der Waals surface area contributed by atoms with Crippen LogP contribution in [0.1, 0.15) is 24.1 Å². The molecule has 2 rings (SSSR count). The van der Waals surface area contributed by atoms with Crippen LogP contribution in [0.3, 0.4) is 0 Å². The van der Waals surface area contributed by atoms with Crippen LogP contribution in [0.4, 0.5) is 0 Å². The fourth-order valence-electron chi connectivity index (χ4n) is 1.81. The molecule has 0 aliphatic heterocycles. The van der Waals surface area contributed by atoms with Gasteiger partial charge in [-0.1, -0.05) is 18.2 Å². The number of hydrogen-bond acceptors (Lipinski definition) is 4.